The molecule has 1 heterocycles. The average Bonchev–Trinajstić information content (AvgIpc) is 2.62. The molecule has 3 aromatic rings. The fourth-order valence-corrected chi connectivity index (χ4v) is 2.95. The lowest BCUT2D eigenvalue weighted by atomic mass is 10.1. The number of hydrogen-bond donors (Lipinski definition) is 0. The molecule has 0 amide bonds. The summed E-state index contributed by atoms with van der Waals surface area (Å²) in [5, 5.41) is 1.64. The third-order valence-electron chi connectivity index (χ3n) is 3.48. The molecule has 0 aliphatic rings. The molecule has 0 spiro atoms. The Bertz CT molecular complexity index is 804. The van der Waals surface area contributed by atoms with E-state index in [9.17, 15) is 0 Å². The highest BCUT2D eigenvalue weighted by atomic mass is 35.5. The Hall–Kier alpha value is -2.04. The van der Waals surface area contributed by atoms with Crippen LogP contribution in [0.4, 0.5) is 0 Å². The molecule has 0 saturated heterocycles. The van der Waals surface area contributed by atoms with E-state index in [0.717, 1.165) is 32.9 Å². The maximum atomic E-state index is 5.95. The molecule has 0 fully saturated rings. The van der Waals surface area contributed by atoms with Crippen LogP contribution in [0.15, 0.2) is 66.0 Å². The lowest BCUT2D eigenvalue weighted by Crippen LogP contribution is -2.34. The van der Waals surface area contributed by atoms with Crippen LogP contribution in [-0.2, 0) is 0 Å². The van der Waals surface area contributed by atoms with E-state index in [0.29, 0.717) is 0 Å². The topological polar surface area (TPSA) is 26.0 Å². The first-order valence-corrected chi connectivity index (χ1v) is 8.68. The van der Waals surface area contributed by atoms with Gasteiger partial charge in [-0.05, 0) is 71.5 Å². The number of rotatable bonds is 4. The van der Waals surface area contributed by atoms with Crippen molar-refractivity contribution in [2.75, 3.05) is 13.4 Å². The van der Waals surface area contributed by atoms with Gasteiger partial charge in [-0.2, -0.15) is 4.57 Å². The summed E-state index contributed by atoms with van der Waals surface area (Å²) in [4.78, 5) is 4.76. The first-order valence-electron chi connectivity index (χ1n) is 7.08. The van der Waals surface area contributed by atoms with Crippen molar-refractivity contribution in [1.82, 2.24) is 4.98 Å². The van der Waals surface area contributed by atoms with Crippen LogP contribution in [0.3, 0.4) is 0 Å². The van der Waals surface area contributed by atoms with Gasteiger partial charge >= 0.3 is 5.16 Å². The molecule has 5 heteroatoms. The zero-order valence-electron chi connectivity index (χ0n) is 12.9. The zero-order chi connectivity index (χ0) is 16.2. The van der Waals surface area contributed by atoms with Crippen LogP contribution in [0.25, 0.3) is 16.9 Å². The molecule has 0 atom stereocenters. The Morgan fingerprint density at radius 2 is 1.70 bits per heavy atom. The fourth-order valence-electron chi connectivity index (χ4n) is 2.27. The minimum absolute atomic E-state index is 0.725. The minimum atomic E-state index is 0.725. The molecule has 23 heavy (non-hydrogen) atoms. The predicted octanol–water partition coefficient (Wildman–Crippen LogP) is 4.41. The van der Waals surface area contributed by atoms with Crippen LogP contribution in [0.1, 0.15) is 0 Å². The van der Waals surface area contributed by atoms with Gasteiger partial charge in [0.1, 0.15) is 17.6 Å². The van der Waals surface area contributed by atoms with Crippen molar-refractivity contribution in [1.29, 1.82) is 0 Å². The van der Waals surface area contributed by atoms with Gasteiger partial charge in [-0.3, -0.25) is 0 Å². The van der Waals surface area contributed by atoms with Crippen LogP contribution in [0.5, 0.6) is 5.75 Å². The molecule has 116 valence electrons. The molecule has 0 N–H and O–H groups in total. The van der Waals surface area contributed by atoms with Gasteiger partial charge in [0, 0.05) is 16.7 Å². The van der Waals surface area contributed by atoms with Crippen molar-refractivity contribution in [3.8, 4) is 22.7 Å². The summed E-state index contributed by atoms with van der Waals surface area (Å²) in [5.41, 5.74) is 3.02. The quantitative estimate of drug-likeness (QED) is 0.399. The van der Waals surface area contributed by atoms with E-state index in [-0.39, 0.29) is 0 Å². The third kappa shape index (κ3) is 3.49. The molecule has 0 bridgehead atoms. The first kappa shape index (κ1) is 15.8. The second-order valence-electron chi connectivity index (χ2n) is 4.87. The second-order valence-corrected chi connectivity index (χ2v) is 6.08. The van der Waals surface area contributed by atoms with Crippen LogP contribution in [-0.4, -0.2) is 18.3 Å². The highest BCUT2D eigenvalue weighted by Gasteiger charge is 2.17. The van der Waals surface area contributed by atoms with E-state index in [4.69, 9.17) is 21.3 Å². The van der Waals surface area contributed by atoms with Crippen molar-refractivity contribution in [2.45, 2.75) is 5.16 Å². The van der Waals surface area contributed by atoms with Crippen LogP contribution < -0.4 is 9.30 Å². The van der Waals surface area contributed by atoms with Gasteiger partial charge in [0.2, 0.25) is 0 Å². The number of nitrogens with zero attached hydrogens (tertiary/aromatic N) is 2. The molecule has 0 aliphatic heterocycles. The highest BCUT2D eigenvalue weighted by molar-refractivity contribution is 7.98. The number of benzene rings is 2. The van der Waals surface area contributed by atoms with Crippen molar-refractivity contribution in [3.05, 3.63) is 65.8 Å². The minimum Gasteiger partial charge on any atom is -0.497 e. The summed E-state index contributed by atoms with van der Waals surface area (Å²) in [6.45, 7) is 0. The van der Waals surface area contributed by atoms with E-state index in [1.807, 2.05) is 67.0 Å². The average molecular weight is 344 g/mol. The maximum Gasteiger partial charge on any atom is 0.364 e. The van der Waals surface area contributed by atoms with E-state index in [2.05, 4.69) is 4.57 Å². The van der Waals surface area contributed by atoms with Gasteiger partial charge < -0.3 is 4.74 Å². The largest absolute Gasteiger partial charge is 0.497 e. The van der Waals surface area contributed by atoms with Crippen LogP contribution in [0, 0.1) is 0 Å². The second kappa shape index (κ2) is 7.02. The number of methoxy groups -OCH3 is 1. The van der Waals surface area contributed by atoms with Gasteiger partial charge in [0.05, 0.1) is 7.11 Å². The Morgan fingerprint density at radius 1 is 1.00 bits per heavy atom. The van der Waals surface area contributed by atoms with Gasteiger partial charge in [0.25, 0.3) is 0 Å². The normalized spacial score (nSPS) is 10.6. The van der Waals surface area contributed by atoms with E-state index in [1.54, 1.807) is 18.9 Å². The van der Waals surface area contributed by atoms with Gasteiger partial charge in [-0.15, -0.1) is 0 Å². The Labute approximate surface area is 144 Å². The predicted molar refractivity (Wildman–Crippen MR) is 94.5 cm³/mol. The fraction of sp³-hybridized carbons (Fsp3) is 0.111. The molecule has 3 rings (SSSR count). The lowest BCUT2D eigenvalue weighted by molar-refractivity contribution is -0.640. The number of thioether (sulfide) groups is 1. The van der Waals surface area contributed by atoms with E-state index < -0.39 is 0 Å². The first-order chi connectivity index (χ1) is 11.2. The molecule has 1 aromatic heterocycles. The Kier molecular flexibility index (Phi) is 4.84. The molecular formula is C18H16ClN2OS+. The number of ether oxygens (including phenoxy) is 1. The van der Waals surface area contributed by atoms with Crippen molar-refractivity contribution < 1.29 is 9.30 Å². The Morgan fingerprint density at radius 3 is 2.30 bits per heavy atom. The molecule has 3 nitrogen and oxygen atoms in total. The summed E-state index contributed by atoms with van der Waals surface area (Å²) in [6, 6.07) is 17.6. The molecule has 0 aliphatic carbocycles. The summed E-state index contributed by atoms with van der Waals surface area (Å²) >= 11 is 7.56. The molecule has 0 radical (unpaired) electrons. The molecular weight excluding hydrogens is 328 g/mol. The van der Waals surface area contributed by atoms with Gasteiger partial charge in [-0.25, -0.2) is 0 Å². The van der Waals surface area contributed by atoms with Crippen molar-refractivity contribution in [3.63, 3.8) is 0 Å². The zero-order valence-corrected chi connectivity index (χ0v) is 14.4. The van der Waals surface area contributed by atoms with Gasteiger partial charge in [0.15, 0.2) is 5.69 Å². The van der Waals surface area contributed by atoms with E-state index in [1.165, 1.54) is 0 Å². The lowest BCUT2D eigenvalue weighted by Gasteiger charge is -2.05. The highest BCUT2D eigenvalue weighted by Crippen LogP contribution is 2.21. The van der Waals surface area contributed by atoms with Crippen LogP contribution in [0.2, 0.25) is 5.02 Å². The number of aromatic nitrogens is 2. The number of hydrogen-bond acceptors (Lipinski definition) is 3. The molecule has 2 aromatic carbocycles. The number of halogens is 1. The summed E-state index contributed by atoms with van der Waals surface area (Å²) in [5.74, 6) is 0.839. The van der Waals surface area contributed by atoms with Crippen molar-refractivity contribution in [2.24, 2.45) is 0 Å². The van der Waals surface area contributed by atoms with Gasteiger partial charge in [-0.1, -0.05) is 11.6 Å². The Balaban J connectivity index is 2.00. The smallest absolute Gasteiger partial charge is 0.364 e. The third-order valence-corrected chi connectivity index (χ3v) is 4.38. The summed E-state index contributed by atoms with van der Waals surface area (Å²) in [6.07, 6.45) is 4.05. The SMILES string of the molecule is COc1ccc(-[n+]2ccc(-c3ccc(Cl)cc3)nc2SC)cc1. The maximum absolute atomic E-state index is 5.95. The van der Waals surface area contributed by atoms with Crippen molar-refractivity contribution >= 4 is 23.4 Å². The monoisotopic (exact) mass is 343 g/mol. The summed E-state index contributed by atoms with van der Waals surface area (Å²) < 4.78 is 7.27. The molecule has 0 saturated carbocycles. The molecule has 0 unspecified atom stereocenters. The van der Waals surface area contributed by atoms with Crippen LogP contribution >= 0.6 is 23.4 Å². The summed E-state index contributed by atoms with van der Waals surface area (Å²) in [7, 11) is 1.66. The standard InChI is InChI=1S/C18H16ClN2OS/c1-22-16-9-7-15(8-10-16)21-12-11-17(20-18(21)23-2)13-3-5-14(19)6-4-13/h3-12H,1-2H3/q+1. The van der Waals surface area contributed by atoms with E-state index >= 15 is 0 Å².